The molecule has 1 amide bonds. The zero-order valence-corrected chi connectivity index (χ0v) is 15.6. The second-order valence-electron chi connectivity index (χ2n) is 5.62. The summed E-state index contributed by atoms with van der Waals surface area (Å²) in [5.41, 5.74) is 2.10. The number of benzene rings is 2. The number of hydrogen-bond donors (Lipinski definition) is 2. The second kappa shape index (κ2) is 8.29. The third-order valence-corrected chi connectivity index (χ3v) is 4.91. The van der Waals surface area contributed by atoms with Gasteiger partial charge in [-0.15, -0.1) is 11.8 Å². The number of anilines is 1. The van der Waals surface area contributed by atoms with E-state index in [1.807, 2.05) is 12.1 Å². The minimum atomic E-state index is -0.113. The molecule has 2 N–H and O–H groups in total. The summed E-state index contributed by atoms with van der Waals surface area (Å²) in [6.45, 7) is 0. The molecule has 0 spiro atoms. The van der Waals surface area contributed by atoms with E-state index in [0.717, 1.165) is 11.2 Å². The molecule has 0 saturated carbocycles. The average molecular weight is 389 g/mol. The molecule has 26 heavy (non-hydrogen) atoms. The van der Waals surface area contributed by atoms with E-state index in [9.17, 15) is 9.59 Å². The van der Waals surface area contributed by atoms with Gasteiger partial charge in [-0.2, -0.15) is 0 Å². The summed E-state index contributed by atoms with van der Waals surface area (Å²) in [5, 5.41) is 3.91. The minimum Gasteiger partial charge on any atom is -0.497 e. The molecule has 0 aliphatic carbocycles. The minimum absolute atomic E-state index is 0.0855. The fraction of sp³-hybridized carbons (Fsp3) is 0.158. The predicted molar refractivity (Wildman–Crippen MR) is 107 cm³/mol. The molecule has 1 heterocycles. The molecule has 7 heteroatoms. The highest BCUT2D eigenvalue weighted by molar-refractivity contribution is 7.99. The van der Waals surface area contributed by atoms with Crippen LogP contribution >= 0.6 is 23.4 Å². The molecule has 1 aromatic heterocycles. The number of ether oxygens (including phenoxy) is 1. The summed E-state index contributed by atoms with van der Waals surface area (Å²) >= 11 is 7.35. The smallest absolute Gasteiger partial charge is 0.234 e. The van der Waals surface area contributed by atoms with E-state index in [1.54, 1.807) is 43.5 Å². The fourth-order valence-electron chi connectivity index (χ4n) is 2.50. The Labute approximate surface area is 159 Å². The lowest BCUT2D eigenvalue weighted by Gasteiger charge is -2.07. The first-order valence-electron chi connectivity index (χ1n) is 7.88. The van der Waals surface area contributed by atoms with Gasteiger partial charge in [0.1, 0.15) is 5.75 Å². The van der Waals surface area contributed by atoms with Gasteiger partial charge in [-0.1, -0.05) is 17.7 Å². The van der Waals surface area contributed by atoms with Crippen LogP contribution in [0.1, 0.15) is 5.69 Å². The number of H-pyrrole nitrogens is 1. The maximum absolute atomic E-state index is 12.2. The highest BCUT2D eigenvalue weighted by atomic mass is 35.5. The van der Waals surface area contributed by atoms with Gasteiger partial charge in [-0.25, -0.2) is 0 Å². The van der Waals surface area contributed by atoms with Gasteiger partial charge >= 0.3 is 0 Å². The molecule has 0 radical (unpaired) electrons. The number of amides is 1. The lowest BCUT2D eigenvalue weighted by molar-refractivity contribution is -0.113. The molecular weight excluding hydrogens is 372 g/mol. The summed E-state index contributed by atoms with van der Waals surface area (Å²) in [6.07, 6.45) is 0. The molecule has 0 bridgehead atoms. The number of rotatable bonds is 6. The summed E-state index contributed by atoms with van der Waals surface area (Å²) in [7, 11) is 1.58. The number of nitrogens with one attached hydrogen (secondary N) is 2. The van der Waals surface area contributed by atoms with Crippen LogP contribution in [0.2, 0.25) is 5.02 Å². The number of pyridine rings is 1. The number of halogens is 1. The van der Waals surface area contributed by atoms with E-state index in [4.69, 9.17) is 16.3 Å². The van der Waals surface area contributed by atoms with Crippen molar-refractivity contribution in [2.75, 3.05) is 18.2 Å². The van der Waals surface area contributed by atoms with Crippen molar-refractivity contribution in [1.29, 1.82) is 0 Å². The summed E-state index contributed by atoms with van der Waals surface area (Å²) in [6, 6.07) is 13.9. The first kappa shape index (κ1) is 18.4. The number of aromatic nitrogens is 1. The van der Waals surface area contributed by atoms with Crippen molar-refractivity contribution in [2.45, 2.75) is 5.75 Å². The van der Waals surface area contributed by atoms with Crippen molar-refractivity contribution < 1.29 is 9.53 Å². The van der Waals surface area contributed by atoms with Gasteiger partial charge in [0.15, 0.2) is 5.43 Å². The molecule has 0 fully saturated rings. The molecule has 3 rings (SSSR count). The van der Waals surface area contributed by atoms with Crippen LogP contribution in [0.3, 0.4) is 0 Å². The second-order valence-corrected chi connectivity index (χ2v) is 7.04. The fourth-order valence-corrected chi connectivity index (χ4v) is 3.41. The van der Waals surface area contributed by atoms with E-state index >= 15 is 0 Å². The number of hydrogen-bond acceptors (Lipinski definition) is 4. The van der Waals surface area contributed by atoms with E-state index < -0.39 is 0 Å². The number of methoxy groups -OCH3 is 1. The Morgan fingerprint density at radius 1 is 1.23 bits per heavy atom. The van der Waals surface area contributed by atoms with Crippen molar-refractivity contribution in [3.8, 4) is 5.75 Å². The quantitative estimate of drug-likeness (QED) is 0.668. The third-order valence-electron chi connectivity index (χ3n) is 3.69. The van der Waals surface area contributed by atoms with Gasteiger partial charge in [0.2, 0.25) is 5.91 Å². The van der Waals surface area contributed by atoms with Gasteiger partial charge in [0.25, 0.3) is 0 Å². The first-order chi connectivity index (χ1) is 12.5. The monoisotopic (exact) mass is 388 g/mol. The van der Waals surface area contributed by atoms with Crippen molar-refractivity contribution in [2.24, 2.45) is 0 Å². The molecule has 5 nitrogen and oxygen atoms in total. The third kappa shape index (κ3) is 4.59. The molecule has 0 aliphatic heterocycles. The van der Waals surface area contributed by atoms with Crippen LogP contribution in [0.25, 0.3) is 10.9 Å². The largest absolute Gasteiger partial charge is 0.497 e. The molecule has 0 atom stereocenters. The normalized spacial score (nSPS) is 10.7. The summed E-state index contributed by atoms with van der Waals surface area (Å²) < 4.78 is 5.13. The average Bonchev–Trinajstić information content (AvgIpc) is 2.62. The molecule has 134 valence electrons. The van der Waals surface area contributed by atoms with E-state index in [-0.39, 0.29) is 17.1 Å². The van der Waals surface area contributed by atoms with Crippen molar-refractivity contribution in [1.82, 2.24) is 4.98 Å². The van der Waals surface area contributed by atoms with E-state index in [0.29, 0.717) is 27.6 Å². The molecule has 0 unspecified atom stereocenters. The highest BCUT2D eigenvalue weighted by Gasteiger charge is 2.06. The molecular formula is C19H17ClN2O3S. The van der Waals surface area contributed by atoms with Crippen LogP contribution in [0, 0.1) is 0 Å². The Balaban J connectivity index is 1.59. The zero-order chi connectivity index (χ0) is 18.5. The van der Waals surface area contributed by atoms with Gasteiger partial charge in [-0.05, 0) is 30.3 Å². The SMILES string of the molecule is COc1cccc(NC(=O)CSCc2cc(=O)c3cc(Cl)ccc3[nH]2)c1. The van der Waals surface area contributed by atoms with Crippen LogP contribution in [-0.4, -0.2) is 23.8 Å². The molecule has 0 saturated heterocycles. The summed E-state index contributed by atoms with van der Waals surface area (Å²) in [4.78, 5) is 27.4. The number of aromatic amines is 1. The maximum atomic E-state index is 12.2. The van der Waals surface area contributed by atoms with Crippen LogP contribution in [0.15, 0.2) is 53.3 Å². The molecule has 3 aromatic rings. The number of carbonyl (C=O) groups is 1. The predicted octanol–water partition coefficient (Wildman–Crippen LogP) is 4.06. The van der Waals surface area contributed by atoms with Crippen molar-refractivity contribution in [3.63, 3.8) is 0 Å². The van der Waals surface area contributed by atoms with Crippen LogP contribution < -0.4 is 15.5 Å². The van der Waals surface area contributed by atoms with Gasteiger partial charge in [0, 0.05) is 45.2 Å². The zero-order valence-electron chi connectivity index (χ0n) is 14.0. The Kier molecular flexibility index (Phi) is 5.85. The number of thioether (sulfide) groups is 1. The molecule has 2 aromatic carbocycles. The first-order valence-corrected chi connectivity index (χ1v) is 9.41. The number of carbonyl (C=O) groups excluding carboxylic acids is 1. The standard InChI is InChI=1S/C19H17ClN2O3S/c1-25-15-4-2-3-13(8-15)22-19(24)11-26-10-14-9-18(23)16-7-12(20)5-6-17(16)21-14/h2-9H,10-11H2,1H3,(H,21,23)(H,22,24). The van der Waals surface area contributed by atoms with Gasteiger partial charge in [-0.3, -0.25) is 9.59 Å². The topological polar surface area (TPSA) is 71.2 Å². The Morgan fingerprint density at radius 2 is 2.08 bits per heavy atom. The Morgan fingerprint density at radius 3 is 2.88 bits per heavy atom. The van der Waals surface area contributed by atoms with Crippen LogP contribution in [0.4, 0.5) is 5.69 Å². The lowest BCUT2D eigenvalue weighted by atomic mass is 10.2. The van der Waals surface area contributed by atoms with Crippen LogP contribution in [0.5, 0.6) is 5.75 Å². The maximum Gasteiger partial charge on any atom is 0.234 e. The van der Waals surface area contributed by atoms with Crippen molar-refractivity contribution in [3.05, 3.63) is 69.5 Å². The summed E-state index contributed by atoms with van der Waals surface area (Å²) in [5.74, 6) is 1.37. The van der Waals surface area contributed by atoms with Gasteiger partial charge < -0.3 is 15.0 Å². The van der Waals surface area contributed by atoms with Crippen LogP contribution in [-0.2, 0) is 10.5 Å². The van der Waals surface area contributed by atoms with E-state index in [1.165, 1.54) is 11.8 Å². The Bertz CT molecular complexity index is 1000. The van der Waals surface area contributed by atoms with Crippen molar-refractivity contribution >= 4 is 45.9 Å². The Hall–Kier alpha value is -2.44. The van der Waals surface area contributed by atoms with E-state index in [2.05, 4.69) is 10.3 Å². The lowest BCUT2D eigenvalue weighted by Crippen LogP contribution is -2.14. The number of fused-ring (bicyclic) bond motifs is 1. The van der Waals surface area contributed by atoms with Gasteiger partial charge in [0.05, 0.1) is 12.9 Å². The molecule has 0 aliphatic rings. The highest BCUT2D eigenvalue weighted by Crippen LogP contribution is 2.19.